The van der Waals surface area contributed by atoms with Crippen molar-refractivity contribution in [2.75, 3.05) is 7.11 Å². The number of aromatic nitrogens is 3. The standard InChI is InChI=1S/C20H20FN3O2/c1-25-19-11-14-12-22-9-8-13(14)10-15(19)17-6-7-20(24-23-17)26-18-5-3-2-4-16(18)21/h6-12,16,18H,2-5H2,1H3/t16?,18-/m1/s1. The SMILES string of the molecule is COc1cc2cnccc2cc1-c1ccc(O[C@@H]2CCCCC2F)nn1. The number of alkyl halides is 1. The molecule has 0 bridgehead atoms. The van der Waals surface area contributed by atoms with Crippen molar-refractivity contribution in [2.24, 2.45) is 0 Å². The van der Waals surface area contributed by atoms with Gasteiger partial charge in [-0.2, -0.15) is 0 Å². The Morgan fingerprint density at radius 2 is 1.92 bits per heavy atom. The zero-order chi connectivity index (χ0) is 17.9. The minimum atomic E-state index is -0.931. The molecule has 1 aromatic carbocycles. The molecule has 134 valence electrons. The second-order valence-corrected chi connectivity index (χ2v) is 6.49. The van der Waals surface area contributed by atoms with Crippen molar-refractivity contribution < 1.29 is 13.9 Å². The first-order chi connectivity index (χ1) is 12.7. The van der Waals surface area contributed by atoms with E-state index in [4.69, 9.17) is 9.47 Å². The molecular weight excluding hydrogens is 333 g/mol. The van der Waals surface area contributed by atoms with Crippen molar-refractivity contribution in [1.82, 2.24) is 15.2 Å². The van der Waals surface area contributed by atoms with Crippen LogP contribution >= 0.6 is 0 Å². The van der Waals surface area contributed by atoms with Crippen LogP contribution in [0.5, 0.6) is 11.6 Å². The number of hydrogen-bond donors (Lipinski definition) is 0. The Labute approximate surface area is 151 Å². The molecule has 26 heavy (non-hydrogen) atoms. The monoisotopic (exact) mass is 353 g/mol. The summed E-state index contributed by atoms with van der Waals surface area (Å²) >= 11 is 0. The summed E-state index contributed by atoms with van der Waals surface area (Å²) in [5.41, 5.74) is 1.51. The number of methoxy groups -OCH3 is 1. The molecule has 6 heteroatoms. The van der Waals surface area contributed by atoms with Crippen molar-refractivity contribution in [3.8, 4) is 22.9 Å². The van der Waals surface area contributed by atoms with E-state index >= 15 is 0 Å². The summed E-state index contributed by atoms with van der Waals surface area (Å²) in [5.74, 6) is 1.05. The van der Waals surface area contributed by atoms with Crippen LogP contribution < -0.4 is 9.47 Å². The van der Waals surface area contributed by atoms with Gasteiger partial charge in [-0.05, 0) is 48.9 Å². The number of fused-ring (bicyclic) bond motifs is 1. The van der Waals surface area contributed by atoms with E-state index in [1.54, 1.807) is 25.6 Å². The van der Waals surface area contributed by atoms with Crippen LogP contribution in [0, 0.1) is 0 Å². The minimum Gasteiger partial charge on any atom is -0.496 e. The molecule has 0 spiro atoms. The van der Waals surface area contributed by atoms with E-state index in [9.17, 15) is 4.39 Å². The highest BCUT2D eigenvalue weighted by Gasteiger charge is 2.26. The van der Waals surface area contributed by atoms with Gasteiger partial charge in [-0.3, -0.25) is 4.98 Å². The Hall–Kier alpha value is -2.76. The van der Waals surface area contributed by atoms with Crippen molar-refractivity contribution in [3.05, 3.63) is 42.7 Å². The number of halogens is 1. The summed E-state index contributed by atoms with van der Waals surface area (Å²) in [6.45, 7) is 0. The summed E-state index contributed by atoms with van der Waals surface area (Å²) in [6, 6.07) is 9.43. The Kier molecular flexibility index (Phi) is 4.65. The summed E-state index contributed by atoms with van der Waals surface area (Å²) in [4.78, 5) is 4.13. The number of nitrogens with zero attached hydrogens (tertiary/aromatic N) is 3. The number of rotatable bonds is 4. The third-order valence-corrected chi connectivity index (χ3v) is 4.77. The van der Waals surface area contributed by atoms with Gasteiger partial charge in [0.2, 0.25) is 5.88 Å². The van der Waals surface area contributed by atoms with E-state index < -0.39 is 12.3 Å². The van der Waals surface area contributed by atoms with Gasteiger partial charge < -0.3 is 9.47 Å². The fourth-order valence-corrected chi connectivity index (χ4v) is 3.35. The molecule has 4 rings (SSSR count). The minimum absolute atomic E-state index is 0.354. The topological polar surface area (TPSA) is 57.1 Å². The van der Waals surface area contributed by atoms with Gasteiger partial charge in [-0.15, -0.1) is 10.2 Å². The smallest absolute Gasteiger partial charge is 0.233 e. The maximum absolute atomic E-state index is 13.9. The van der Waals surface area contributed by atoms with Crippen LogP contribution in [0.4, 0.5) is 4.39 Å². The van der Waals surface area contributed by atoms with E-state index in [0.29, 0.717) is 23.7 Å². The largest absolute Gasteiger partial charge is 0.496 e. The van der Waals surface area contributed by atoms with Gasteiger partial charge in [0, 0.05) is 29.4 Å². The Bertz CT molecular complexity index is 901. The van der Waals surface area contributed by atoms with Crippen molar-refractivity contribution in [3.63, 3.8) is 0 Å². The van der Waals surface area contributed by atoms with Gasteiger partial charge in [0.05, 0.1) is 12.8 Å². The average Bonchev–Trinajstić information content (AvgIpc) is 2.69. The molecule has 2 aromatic heterocycles. The lowest BCUT2D eigenvalue weighted by molar-refractivity contribution is 0.0594. The number of hydrogen-bond acceptors (Lipinski definition) is 5. The van der Waals surface area contributed by atoms with E-state index in [0.717, 1.165) is 35.6 Å². The van der Waals surface area contributed by atoms with Crippen molar-refractivity contribution in [1.29, 1.82) is 0 Å². The van der Waals surface area contributed by atoms with Gasteiger partial charge in [-0.1, -0.05) is 6.42 Å². The molecule has 0 aliphatic heterocycles. The molecule has 0 saturated heterocycles. The molecular formula is C20H20FN3O2. The normalized spacial score (nSPS) is 20.1. The molecule has 3 aromatic rings. The van der Waals surface area contributed by atoms with Crippen LogP contribution in [0.15, 0.2) is 42.7 Å². The van der Waals surface area contributed by atoms with Gasteiger partial charge in [-0.25, -0.2) is 4.39 Å². The first-order valence-electron chi connectivity index (χ1n) is 8.81. The summed E-state index contributed by atoms with van der Waals surface area (Å²) < 4.78 is 25.1. The van der Waals surface area contributed by atoms with Gasteiger partial charge in [0.15, 0.2) is 0 Å². The van der Waals surface area contributed by atoms with Gasteiger partial charge in [0.25, 0.3) is 0 Å². The van der Waals surface area contributed by atoms with Crippen LogP contribution in [-0.4, -0.2) is 34.6 Å². The Balaban J connectivity index is 1.61. The third-order valence-electron chi connectivity index (χ3n) is 4.77. The number of benzene rings is 1. The highest BCUT2D eigenvalue weighted by molar-refractivity contribution is 5.89. The molecule has 0 amide bonds. The zero-order valence-electron chi connectivity index (χ0n) is 14.6. The number of ether oxygens (including phenoxy) is 2. The highest BCUT2D eigenvalue weighted by atomic mass is 19.1. The zero-order valence-corrected chi connectivity index (χ0v) is 14.6. The fourth-order valence-electron chi connectivity index (χ4n) is 3.35. The number of pyridine rings is 1. The molecule has 0 N–H and O–H groups in total. The molecule has 1 aliphatic carbocycles. The second-order valence-electron chi connectivity index (χ2n) is 6.49. The average molecular weight is 353 g/mol. The summed E-state index contributed by atoms with van der Waals surface area (Å²) in [6.07, 6.45) is 5.37. The lowest BCUT2D eigenvalue weighted by Crippen LogP contribution is -2.32. The van der Waals surface area contributed by atoms with Gasteiger partial charge in [0.1, 0.15) is 18.0 Å². The van der Waals surface area contributed by atoms with E-state index in [1.165, 1.54) is 0 Å². The predicted octanol–water partition coefficient (Wildman–Crippen LogP) is 4.36. The Morgan fingerprint density at radius 1 is 1.04 bits per heavy atom. The van der Waals surface area contributed by atoms with Gasteiger partial charge >= 0.3 is 0 Å². The molecule has 1 saturated carbocycles. The van der Waals surface area contributed by atoms with Crippen LogP contribution in [0.1, 0.15) is 25.7 Å². The first-order valence-corrected chi connectivity index (χ1v) is 8.81. The molecule has 1 fully saturated rings. The maximum atomic E-state index is 13.9. The van der Waals surface area contributed by atoms with Crippen LogP contribution in [0.3, 0.4) is 0 Å². The van der Waals surface area contributed by atoms with Crippen LogP contribution in [0.2, 0.25) is 0 Å². The molecule has 1 unspecified atom stereocenters. The quantitative estimate of drug-likeness (QED) is 0.697. The van der Waals surface area contributed by atoms with E-state index in [-0.39, 0.29) is 0 Å². The maximum Gasteiger partial charge on any atom is 0.233 e. The fraction of sp³-hybridized carbons (Fsp3) is 0.350. The third kappa shape index (κ3) is 3.31. The van der Waals surface area contributed by atoms with E-state index in [1.807, 2.05) is 24.3 Å². The second kappa shape index (κ2) is 7.23. The molecule has 2 atom stereocenters. The molecule has 5 nitrogen and oxygen atoms in total. The first kappa shape index (κ1) is 16.7. The van der Waals surface area contributed by atoms with Crippen molar-refractivity contribution in [2.45, 2.75) is 38.0 Å². The lowest BCUT2D eigenvalue weighted by Gasteiger charge is -2.25. The Morgan fingerprint density at radius 3 is 2.69 bits per heavy atom. The molecule has 2 heterocycles. The summed E-state index contributed by atoms with van der Waals surface area (Å²) in [7, 11) is 1.62. The molecule has 1 aliphatic rings. The lowest BCUT2D eigenvalue weighted by atomic mass is 9.96. The van der Waals surface area contributed by atoms with E-state index in [2.05, 4.69) is 15.2 Å². The highest BCUT2D eigenvalue weighted by Crippen LogP contribution is 2.33. The predicted molar refractivity (Wildman–Crippen MR) is 97.1 cm³/mol. The molecule has 0 radical (unpaired) electrons. The summed E-state index contributed by atoms with van der Waals surface area (Å²) in [5, 5.41) is 10.4. The van der Waals surface area contributed by atoms with Crippen LogP contribution in [-0.2, 0) is 0 Å². The van der Waals surface area contributed by atoms with Crippen LogP contribution in [0.25, 0.3) is 22.0 Å². The van der Waals surface area contributed by atoms with Crippen molar-refractivity contribution >= 4 is 10.8 Å².